The van der Waals surface area contributed by atoms with E-state index in [4.69, 9.17) is 0 Å². The minimum Gasteiger partial charge on any atom is -0.367 e. The van der Waals surface area contributed by atoms with Crippen molar-refractivity contribution in [2.24, 2.45) is 5.92 Å². The van der Waals surface area contributed by atoms with Gasteiger partial charge in [0.2, 0.25) is 0 Å². The Balaban J connectivity index is 2.93. The van der Waals surface area contributed by atoms with Gasteiger partial charge >= 0.3 is 0 Å². The smallest absolute Gasteiger partial charge is 0.149 e. The number of nitrogens with zero attached hydrogens (tertiary/aromatic N) is 1. The summed E-state index contributed by atoms with van der Waals surface area (Å²) < 4.78 is 28.5. The molecule has 0 aromatic heterocycles. The number of nitrogens with one attached hydrogen (secondary N) is 1. The minimum absolute atomic E-state index is 0.0662. The molecule has 0 aliphatic heterocycles. The van der Waals surface area contributed by atoms with Gasteiger partial charge in [0.25, 0.3) is 0 Å². The van der Waals surface area contributed by atoms with E-state index in [0.717, 1.165) is 6.42 Å². The van der Waals surface area contributed by atoms with Gasteiger partial charge < -0.3 is 10.2 Å². The molecule has 0 radical (unpaired) electrons. The van der Waals surface area contributed by atoms with Crippen molar-refractivity contribution >= 4 is 5.69 Å². The molecule has 1 rings (SSSR count). The molecule has 0 heterocycles. The molecule has 2 nitrogen and oxygen atoms in total. The fourth-order valence-electron chi connectivity index (χ4n) is 2.44. The number of rotatable bonds is 7. The Morgan fingerprint density at radius 1 is 1.05 bits per heavy atom. The molecule has 120 valence electrons. The normalized spacial score (nSPS) is 13.0. The molecule has 0 bridgehead atoms. The summed E-state index contributed by atoms with van der Waals surface area (Å²) in [7, 11) is 1.75. The van der Waals surface area contributed by atoms with Crippen LogP contribution in [0.2, 0.25) is 0 Å². The predicted octanol–water partition coefficient (Wildman–Crippen LogP) is 4.33. The fraction of sp³-hybridized carbons (Fsp3) is 0.647. The molecule has 0 spiro atoms. The zero-order chi connectivity index (χ0) is 16.2. The van der Waals surface area contributed by atoms with Crippen molar-refractivity contribution in [2.45, 2.75) is 59.7 Å². The van der Waals surface area contributed by atoms with Crippen LogP contribution in [0.1, 0.15) is 46.6 Å². The number of hydrogen-bond donors (Lipinski definition) is 1. The van der Waals surface area contributed by atoms with E-state index in [1.807, 2.05) is 20.8 Å². The van der Waals surface area contributed by atoms with Crippen LogP contribution in [0.3, 0.4) is 0 Å². The third-order valence-corrected chi connectivity index (χ3v) is 3.62. The molecule has 0 aliphatic rings. The summed E-state index contributed by atoms with van der Waals surface area (Å²) in [6.07, 6.45) is 0.895. The maximum atomic E-state index is 14.3. The van der Waals surface area contributed by atoms with Gasteiger partial charge in [-0.15, -0.1) is 0 Å². The van der Waals surface area contributed by atoms with Crippen LogP contribution in [-0.2, 0) is 6.54 Å². The Labute approximate surface area is 127 Å². The second-order valence-corrected chi connectivity index (χ2v) is 6.53. The summed E-state index contributed by atoms with van der Waals surface area (Å²) in [5.41, 5.74) is 0.698. The number of anilines is 1. The van der Waals surface area contributed by atoms with Crippen LogP contribution >= 0.6 is 0 Å². The Morgan fingerprint density at radius 2 is 1.57 bits per heavy atom. The van der Waals surface area contributed by atoms with E-state index in [-0.39, 0.29) is 17.8 Å². The third-order valence-electron chi connectivity index (χ3n) is 3.62. The van der Waals surface area contributed by atoms with Gasteiger partial charge in [-0.05, 0) is 37.0 Å². The van der Waals surface area contributed by atoms with Gasteiger partial charge in [-0.2, -0.15) is 0 Å². The van der Waals surface area contributed by atoms with Crippen LogP contribution < -0.4 is 10.2 Å². The highest BCUT2D eigenvalue weighted by atomic mass is 19.1. The zero-order valence-corrected chi connectivity index (χ0v) is 14.0. The highest BCUT2D eigenvalue weighted by Crippen LogP contribution is 2.27. The monoisotopic (exact) mass is 298 g/mol. The van der Waals surface area contributed by atoms with Gasteiger partial charge in [0.1, 0.15) is 17.3 Å². The summed E-state index contributed by atoms with van der Waals surface area (Å²) in [5.74, 6) is -0.495. The summed E-state index contributed by atoms with van der Waals surface area (Å²) >= 11 is 0. The number of halogens is 2. The van der Waals surface area contributed by atoms with Crippen molar-refractivity contribution in [3.05, 3.63) is 29.3 Å². The van der Waals surface area contributed by atoms with E-state index in [0.29, 0.717) is 18.0 Å². The summed E-state index contributed by atoms with van der Waals surface area (Å²) in [6, 6.07) is 3.22. The van der Waals surface area contributed by atoms with Gasteiger partial charge in [0, 0.05) is 25.7 Å². The fourth-order valence-corrected chi connectivity index (χ4v) is 2.44. The molecule has 0 fully saturated rings. The van der Waals surface area contributed by atoms with Gasteiger partial charge in [-0.25, -0.2) is 8.78 Å². The van der Waals surface area contributed by atoms with Crippen LogP contribution in [0.5, 0.6) is 0 Å². The first kappa shape index (κ1) is 17.9. The molecule has 1 aromatic carbocycles. The maximum absolute atomic E-state index is 14.3. The van der Waals surface area contributed by atoms with Gasteiger partial charge in [-0.1, -0.05) is 27.7 Å². The van der Waals surface area contributed by atoms with Gasteiger partial charge in [-0.3, -0.25) is 0 Å². The molecule has 4 heteroatoms. The topological polar surface area (TPSA) is 15.3 Å². The van der Waals surface area contributed by atoms with Crippen molar-refractivity contribution in [2.75, 3.05) is 11.9 Å². The van der Waals surface area contributed by atoms with Crippen molar-refractivity contribution in [3.8, 4) is 0 Å². The number of hydrogen-bond acceptors (Lipinski definition) is 2. The lowest BCUT2D eigenvalue weighted by molar-refractivity contribution is 0.488. The average molecular weight is 298 g/mol. The predicted molar refractivity (Wildman–Crippen MR) is 85.7 cm³/mol. The van der Waals surface area contributed by atoms with Crippen LogP contribution in [0.25, 0.3) is 0 Å². The Bertz CT molecular complexity index is 435. The lowest BCUT2D eigenvalue weighted by atomic mass is 10.0. The van der Waals surface area contributed by atoms with E-state index >= 15 is 0 Å². The maximum Gasteiger partial charge on any atom is 0.149 e. The largest absolute Gasteiger partial charge is 0.367 e. The first-order valence-electron chi connectivity index (χ1n) is 7.66. The lowest BCUT2D eigenvalue weighted by Gasteiger charge is -2.29. The average Bonchev–Trinajstić information content (AvgIpc) is 2.34. The quantitative estimate of drug-likeness (QED) is 0.806. The second kappa shape index (κ2) is 7.74. The number of benzene rings is 1. The Hall–Kier alpha value is -1.16. The molecule has 1 atom stereocenters. The first-order valence-corrected chi connectivity index (χ1v) is 7.66. The van der Waals surface area contributed by atoms with Gasteiger partial charge in [0.05, 0.1) is 0 Å². The molecular formula is C17H28F2N2. The second-order valence-electron chi connectivity index (χ2n) is 6.53. The molecule has 0 saturated heterocycles. The molecule has 0 amide bonds. The van der Waals surface area contributed by atoms with Crippen molar-refractivity contribution in [1.82, 2.24) is 5.32 Å². The Morgan fingerprint density at radius 3 is 2.00 bits per heavy atom. The molecule has 21 heavy (non-hydrogen) atoms. The molecule has 1 N–H and O–H groups in total. The highest BCUT2D eigenvalue weighted by molar-refractivity contribution is 5.50. The van der Waals surface area contributed by atoms with Gasteiger partial charge in [0.15, 0.2) is 0 Å². The van der Waals surface area contributed by atoms with Crippen molar-refractivity contribution in [1.29, 1.82) is 0 Å². The third kappa shape index (κ3) is 5.27. The molecule has 1 unspecified atom stereocenters. The highest BCUT2D eigenvalue weighted by Gasteiger charge is 2.20. The molecule has 1 aromatic rings. The SMILES string of the molecule is CC(C)CC(C)N(C)c1c(F)cc(CNC(C)C)cc1F. The van der Waals surface area contributed by atoms with E-state index in [2.05, 4.69) is 19.2 Å². The molecule has 0 saturated carbocycles. The summed E-state index contributed by atoms with van der Waals surface area (Å²) in [5, 5.41) is 3.17. The minimum atomic E-state index is -0.492. The summed E-state index contributed by atoms with van der Waals surface area (Å²) in [6.45, 7) is 10.7. The van der Waals surface area contributed by atoms with E-state index in [9.17, 15) is 8.78 Å². The zero-order valence-electron chi connectivity index (χ0n) is 14.0. The standard InChI is InChI=1S/C17H28F2N2/c1-11(2)7-13(5)21(6)17-15(18)8-14(9-16(17)19)10-20-12(3)4/h8-9,11-13,20H,7,10H2,1-6H3. The molecule has 0 aliphatic carbocycles. The van der Waals surface area contributed by atoms with E-state index in [1.165, 1.54) is 12.1 Å². The van der Waals surface area contributed by atoms with E-state index < -0.39 is 11.6 Å². The lowest BCUT2D eigenvalue weighted by Crippen LogP contribution is -2.31. The van der Waals surface area contributed by atoms with Crippen LogP contribution in [0.15, 0.2) is 12.1 Å². The van der Waals surface area contributed by atoms with Crippen LogP contribution in [-0.4, -0.2) is 19.1 Å². The van der Waals surface area contributed by atoms with E-state index in [1.54, 1.807) is 11.9 Å². The van der Waals surface area contributed by atoms with Crippen molar-refractivity contribution < 1.29 is 8.78 Å². The van der Waals surface area contributed by atoms with Crippen LogP contribution in [0.4, 0.5) is 14.5 Å². The van der Waals surface area contributed by atoms with Crippen molar-refractivity contribution in [3.63, 3.8) is 0 Å². The first-order chi connectivity index (χ1) is 9.72. The molecular weight excluding hydrogens is 270 g/mol. The Kier molecular flexibility index (Phi) is 6.59. The van der Waals surface area contributed by atoms with Crippen LogP contribution in [0, 0.1) is 17.6 Å². The summed E-state index contributed by atoms with van der Waals surface area (Å²) in [4.78, 5) is 1.70.